The summed E-state index contributed by atoms with van der Waals surface area (Å²) in [6.45, 7) is 0. The van der Waals surface area contributed by atoms with E-state index < -0.39 is 0 Å². The molecular formula is C20H13ClFN3. The van der Waals surface area contributed by atoms with E-state index in [0.717, 1.165) is 22.2 Å². The van der Waals surface area contributed by atoms with E-state index in [0.29, 0.717) is 23.0 Å². The Labute approximate surface area is 149 Å². The Morgan fingerprint density at radius 1 is 0.920 bits per heavy atom. The van der Waals surface area contributed by atoms with Crippen molar-refractivity contribution in [2.75, 3.05) is 0 Å². The molecule has 0 fully saturated rings. The van der Waals surface area contributed by atoms with Crippen LogP contribution in [0.4, 0.5) is 4.39 Å². The van der Waals surface area contributed by atoms with Gasteiger partial charge in [-0.2, -0.15) is 0 Å². The lowest BCUT2D eigenvalue weighted by molar-refractivity contribution is 0.627. The first-order valence-electron chi connectivity index (χ1n) is 7.81. The molecule has 5 heteroatoms. The van der Waals surface area contributed by atoms with E-state index in [1.165, 1.54) is 12.1 Å². The minimum atomic E-state index is -0.347. The second kappa shape index (κ2) is 6.57. The van der Waals surface area contributed by atoms with E-state index >= 15 is 0 Å². The zero-order chi connectivity index (χ0) is 17.2. The highest BCUT2D eigenvalue weighted by atomic mass is 35.5. The molecule has 0 aliphatic carbocycles. The lowest BCUT2D eigenvalue weighted by Gasteiger charge is -2.06. The molecule has 122 valence electrons. The van der Waals surface area contributed by atoms with Gasteiger partial charge in [-0.05, 0) is 35.9 Å². The van der Waals surface area contributed by atoms with Gasteiger partial charge in [0.25, 0.3) is 0 Å². The van der Waals surface area contributed by atoms with Gasteiger partial charge in [0.2, 0.25) is 0 Å². The molecule has 2 aromatic heterocycles. The molecule has 2 aromatic carbocycles. The summed E-state index contributed by atoms with van der Waals surface area (Å²) in [5.41, 5.74) is 3.22. The van der Waals surface area contributed by atoms with Crippen molar-refractivity contribution < 1.29 is 4.39 Å². The van der Waals surface area contributed by atoms with Crippen LogP contribution in [-0.2, 0) is 6.42 Å². The Balaban J connectivity index is 1.68. The SMILES string of the molecule is Fc1ccc(Cc2cccc(-c3ncc4ccccc4n3)n2)c(Cl)c1. The van der Waals surface area contributed by atoms with Crippen molar-refractivity contribution in [3.63, 3.8) is 0 Å². The third-order valence-electron chi connectivity index (χ3n) is 3.91. The topological polar surface area (TPSA) is 38.7 Å². The standard InChI is InChI=1S/C20H13ClFN3/c21-17-11-15(22)9-8-13(17)10-16-5-3-7-19(24-16)20-23-12-14-4-1-2-6-18(14)25-20/h1-9,11-12H,10H2. The predicted octanol–water partition coefficient (Wildman–Crippen LogP) is 5.08. The molecule has 4 aromatic rings. The van der Waals surface area contributed by atoms with Crippen molar-refractivity contribution in [1.82, 2.24) is 15.0 Å². The molecule has 0 bridgehead atoms. The van der Waals surface area contributed by atoms with Gasteiger partial charge in [0.1, 0.15) is 11.5 Å². The molecular weight excluding hydrogens is 337 g/mol. The number of hydrogen-bond donors (Lipinski definition) is 0. The Morgan fingerprint density at radius 2 is 1.80 bits per heavy atom. The van der Waals surface area contributed by atoms with Gasteiger partial charge in [0, 0.05) is 28.7 Å². The van der Waals surface area contributed by atoms with Gasteiger partial charge >= 0.3 is 0 Å². The highest BCUT2D eigenvalue weighted by Crippen LogP contribution is 2.22. The average molecular weight is 350 g/mol. The molecule has 0 radical (unpaired) electrons. The smallest absolute Gasteiger partial charge is 0.178 e. The van der Waals surface area contributed by atoms with E-state index in [-0.39, 0.29) is 5.82 Å². The van der Waals surface area contributed by atoms with E-state index in [1.807, 2.05) is 42.5 Å². The Morgan fingerprint density at radius 3 is 2.68 bits per heavy atom. The van der Waals surface area contributed by atoms with Crippen molar-refractivity contribution in [3.05, 3.63) is 89.0 Å². The van der Waals surface area contributed by atoms with E-state index in [2.05, 4.69) is 15.0 Å². The lowest BCUT2D eigenvalue weighted by atomic mass is 10.1. The van der Waals surface area contributed by atoms with Crippen LogP contribution >= 0.6 is 11.6 Å². The van der Waals surface area contributed by atoms with Crippen molar-refractivity contribution in [2.45, 2.75) is 6.42 Å². The molecule has 0 saturated carbocycles. The maximum absolute atomic E-state index is 13.2. The molecule has 4 rings (SSSR count). The number of fused-ring (bicyclic) bond motifs is 1. The van der Waals surface area contributed by atoms with Crippen LogP contribution in [0.5, 0.6) is 0 Å². The second-order valence-electron chi connectivity index (χ2n) is 5.68. The van der Waals surface area contributed by atoms with Gasteiger partial charge in [-0.25, -0.2) is 19.3 Å². The molecule has 0 atom stereocenters. The van der Waals surface area contributed by atoms with E-state index in [9.17, 15) is 4.39 Å². The van der Waals surface area contributed by atoms with Crippen LogP contribution in [0.15, 0.2) is 66.9 Å². The summed E-state index contributed by atoms with van der Waals surface area (Å²) in [7, 11) is 0. The van der Waals surface area contributed by atoms with E-state index in [1.54, 1.807) is 12.3 Å². The summed E-state index contributed by atoms with van der Waals surface area (Å²) >= 11 is 6.11. The summed E-state index contributed by atoms with van der Waals surface area (Å²) in [5, 5.41) is 1.38. The van der Waals surface area contributed by atoms with Crippen molar-refractivity contribution in [2.24, 2.45) is 0 Å². The van der Waals surface area contributed by atoms with Gasteiger partial charge in [0.05, 0.1) is 5.52 Å². The number of pyridine rings is 1. The average Bonchev–Trinajstić information content (AvgIpc) is 2.64. The fraction of sp³-hybridized carbons (Fsp3) is 0.0500. The normalized spacial score (nSPS) is 11.0. The Hall–Kier alpha value is -2.85. The summed E-state index contributed by atoms with van der Waals surface area (Å²) in [5.74, 6) is 0.228. The van der Waals surface area contributed by atoms with Crippen molar-refractivity contribution >= 4 is 22.5 Å². The fourth-order valence-corrected chi connectivity index (χ4v) is 2.89. The molecule has 0 unspecified atom stereocenters. The van der Waals surface area contributed by atoms with Crippen LogP contribution < -0.4 is 0 Å². The van der Waals surface area contributed by atoms with Gasteiger partial charge in [-0.1, -0.05) is 41.9 Å². The number of rotatable bonds is 3. The third kappa shape index (κ3) is 3.35. The van der Waals surface area contributed by atoms with Crippen LogP contribution in [0, 0.1) is 5.82 Å². The van der Waals surface area contributed by atoms with Crippen molar-refractivity contribution in [3.8, 4) is 11.5 Å². The van der Waals surface area contributed by atoms with Gasteiger partial charge in [-0.3, -0.25) is 0 Å². The number of aromatic nitrogens is 3. The molecule has 2 heterocycles. The molecule has 0 N–H and O–H groups in total. The lowest BCUT2D eigenvalue weighted by Crippen LogP contribution is -1.98. The molecule has 0 amide bonds. The number of hydrogen-bond acceptors (Lipinski definition) is 3. The summed E-state index contributed by atoms with van der Waals surface area (Å²) in [4.78, 5) is 13.6. The molecule has 0 aliphatic rings. The van der Waals surface area contributed by atoms with Crippen molar-refractivity contribution in [1.29, 1.82) is 0 Å². The van der Waals surface area contributed by atoms with Gasteiger partial charge in [-0.15, -0.1) is 0 Å². The molecule has 0 saturated heterocycles. The first-order valence-corrected chi connectivity index (χ1v) is 8.19. The highest BCUT2D eigenvalue weighted by molar-refractivity contribution is 6.31. The summed E-state index contributed by atoms with van der Waals surface area (Å²) in [6, 6.07) is 17.9. The fourth-order valence-electron chi connectivity index (χ4n) is 2.66. The van der Waals surface area contributed by atoms with Crippen LogP contribution in [0.3, 0.4) is 0 Å². The minimum Gasteiger partial charge on any atom is -0.249 e. The molecule has 0 spiro atoms. The van der Waals surface area contributed by atoms with Gasteiger partial charge in [0.15, 0.2) is 5.82 Å². The number of halogens is 2. The largest absolute Gasteiger partial charge is 0.249 e. The predicted molar refractivity (Wildman–Crippen MR) is 97.0 cm³/mol. The van der Waals surface area contributed by atoms with Crippen LogP contribution in [0.2, 0.25) is 5.02 Å². The van der Waals surface area contributed by atoms with Gasteiger partial charge < -0.3 is 0 Å². The molecule has 0 aliphatic heterocycles. The summed E-state index contributed by atoms with van der Waals surface area (Å²) < 4.78 is 13.2. The summed E-state index contributed by atoms with van der Waals surface area (Å²) in [6.07, 6.45) is 2.31. The van der Waals surface area contributed by atoms with Crippen LogP contribution in [-0.4, -0.2) is 15.0 Å². The first kappa shape index (κ1) is 15.7. The number of para-hydroxylation sites is 1. The van der Waals surface area contributed by atoms with E-state index in [4.69, 9.17) is 11.6 Å². The third-order valence-corrected chi connectivity index (χ3v) is 4.26. The Kier molecular flexibility index (Phi) is 4.12. The Bertz CT molecular complexity index is 1070. The van der Waals surface area contributed by atoms with Crippen LogP contribution in [0.1, 0.15) is 11.3 Å². The quantitative estimate of drug-likeness (QED) is 0.518. The number of nitrogens with zero attached hydrogens (tertiary/aromatic N) is 3. The molecule has 25 heavy (non-hydrogen) atoms. The highest BCUT2D eigenvalue weighted by Gasteiger charge is 2.08. The second-order valence-corrected chi connectivity index (χ2v) is 6.09. The monoisotopic (exact) mass is 349 g/mol. The molecule has 3 nitrogen and oxygen atoms in total. The first-order chi connectivity index (χ1) is 12.2. The van der Waals surface area contributed by atoms with Crippen LogP contribution in [0.25, 0.3) is 22.4 Å². The maximum Gasteiger partial charge on any atom is 0.178 e. The zero-order valence-electron chi connectivity index (χ0n) is 13.2. The minimum absolute atomic E-state index is 0.347. The zero-order valence-corrected chi connectivity index (χ0v) is 13.9. The number of benzene rings is 2. The maximum atomic E-state index is 13.2.